The highest BCUT2D eigenvalue weighted by molar-refractivity contribution is 5.54. The highest BCUT2D eigenvalue weighted by atomic mass is 16.3. The van der Waals surface area contributed by atoms with Gasteiger partial charge in [0.05, 0.1) is 6.10 Å². The van der Waals surface area contributed by atoms with Crippen molar-refractivity contribution < 1.29 is 5.11 Å². The van der Waals surface area contributed by atoms with E-state index in [1.165, 1.54) is 19.3 Å². The highest BCUT2D eigenvalue weighted by Crippen LogP contribution is 2.38. The topological polar surface area (TPSA) is 26.7 Å². The third-order valence-corrected chi connectivity index (χ3v) is 4.86. The van der Waals surface area contributed by atoms with E-state index in [4.69, 9.17) is 0 Å². The Morgan fingerprint density at radius 1 is 1.20 bits per heavy atom. The first-order valence-corrected chi connectivity index (χ1v) is 7.66. The first-order chi connectivity index (χ1) is 9.50. The van der Waals surface area contributed by atoms with Crippen molar-refractivity contribution in [2.45, 2.75) is 44.2 Å². The van der Waals surface area contributed by atoms with E-state index in [1.54, 1.807) is 0 Å². The lowest BCUT2D eigenvalue weighted by Gasteiger charge is -2.49. The van der Waals surface area contributed by atoms with Crippen LogP contribution in [-0.2, 0) is 0 Å². The molecule has 112 valence electrons. The van der Waals surface area contributed by atoms with Gasteiger partial charge in [-0.15, -0.1) is 0 Å². The number of benzene rings is 1. The summed E-state index contributed by atoms with van der Waals surface area (Å²) in [6, 6.07) is 8.23. The number of likely N-dealkylation sites (N-methyl/N-ethyl adjacent to an activating group) is 2. The number of aliphatic hydroxyl groups is 1. The average Bonchev–Trinajstić information content (AvgIpc) is 2.41. The van der Waals surface area contributed by atoms with Crippen molar-refractivity contribution in [3.05, 3.63) is 29.8 Å². The first-order valence-electron chi connectivity index (χ1n) is 7.66. The number of para-hydroxylation sites is 1. The second-order valence-electron chi connectivity index (χ2n) is 6.31. The van der Waals surface area contributed by atoms with E-state index in [0.717, 1.165) is 24.2 Å². The van der Waals surface area contributed by atoms with E-state index in [1.807, 2.05) is 19.1 Å². The molecule has 1 aromatic carbocycles. The molecule has 1 atom stereocenters. The molecule has 20 heavy (non-hydrogen) atoms. The summed E-state index contributed by atoms with van der Waals surface area (Å²) in [5, 5.41) is 10.2. The SMILES string of the molecule is CC[C@H](O)c1ccccc1N(C)CC1(N(C)C)CCC1. The minimum Gasteiger partial charge on any atom is -0.388 e. The summed E-state index contributed by atoms with van der Waals surface area (Å²) >= 11 is 0. The molecular weight excluding hydrogens is 248 g/mol. The van der Waals surface area contributed by atoms with Gasteiger partial charge in [0.2, 0.25) is 0 Å². The van der Waals surface area contributed by atoms with E-state index in [9.17, 15) is 5.11 Å². The molecule has 0 amide bonds. The van der Waals surface area contributed by atoms with Gasteiger partial charge in [-0.05, 0) is 45.8 Å². The fourth-order valence-corrected chi connectivity index (χ4v) is 3.20. The van der Waals surface area contributed by atoms with Crippen LogP contribution in [0.4, 0.5) is 5.69 Å². The minimum absolute atomic E-state index is 0.305. The summed E-state index contributed by atoms with van der Waals surface area (Å²) in [5.41, 5.74) is 2.51. The molecule has 0 heterocycles. The van der Waals surface area contributed by atoms with Gasteiger partial charge in [0.25, 0.3) is 0 Å². The predicted octanol–water partition coefficient (Wildman–Crippen LogP) is 3.05. The van der Waals surface area contributed by atoms with Crippen LogP contribution in [0, 0.1) is 0 Å². The smallest absolute Gasteiger partial charge is 0.0807 e. The van der Waals surface area contributed by atoms with Crippen molar-refractivity contribution in [3.8, 4) is 0 Å². The zero-order valence-electron chi connectivity index (χ0n) is 13.3. The maximum Gasteiger partial charge on any atom is 0.0807 e. The van der Waals surface area contributed by atoms with Gasteiger partial charge in [0.15, 0.2) is 0 Å². The average molecular weight is 276 g/mol. The summed E-state index contributed by atoms with van der Waals surface area (Å²) in [6.07, 6.45) is 4.24. The summed E-state index contributed by atoms with van der Waals surface area (Å²) in [4.78, 5) is 4.68. The third-order valence-electron chi connectivity index (χ3n) is 4.86. The normalized spacial score (nSPS) is 18.7. The predicted molar refractivity (Wildman–Crippen MR) is 85.2 cm³/mol. The third kappa shape index (κ3) is 2.84. The van der Waals surface area contributed by atoms with Crippen LogP contribution in [0.1, 0.15) is 44.3 Å². The molecule has 1 aromatic rings. The zero-order chi connectivity index (χ0) is 14.8. The maximum atomic E-state index is 10.2. The van der Waals surface area contributed by atoms with Crippen molar-refractivity contribution in [3.63, 3.8) is 0 Å². The van der Waals surface area contributed by atoms with Crippen LogP contribution in [0.5, 0.6) is 0 Å². The molecule has 2 rings (SSSR count). The van der Waals surface area contributed by atoms with Crippen LogP contribution in [0.2, 0.25) is 0 Å². The lowest BCUT2D eigenvalue weighted by atomic mass is 9.75. The van der Waals surface area contributed by atoms with E-state index in [2.05, 4.69) is 43.1 Å². The van der Waals surface area contributed by atoms with Gasteiger partial charge in [-0.2, -0.15) is 0 Å². The fourth-order valence-electron chi connectivity index (χ4n) is 3.20. The molecule has 1 aliphatic rings. The zero-order valence-corrected chi connectivity index (χ0v) is 13.3. The molecule has 0 saturated heterocycles. The second-order valence-corrected chi connectivity index (χ2v) is 6.31. The number of hydrogen-bond acceptors (Lipinski definition) is 3. The molecule has 0 bridgehead atoms. The molecule has 0 unspecified atom stereocenters. The molecule has 0 aliphatic heterocycles. The number of hydrogen-bond donors (Lipinski definition) is 1. The van der Waals surface area contributed by atoms with Gasteiger partial charge < -0.3 is 14.9 Å². The molecule has 0 radical (unpaired) electrons. The Bertz CT molecular complexity index is 440. The fraction of sp³-hybridized carbons (Fsp3) is 0.647. The highest BCUT2D eigenvalue weighted by Gasteiger charge is 2.40. The number of aliphatic hydroxyl groups excluding tert-OH is 1. The van der Waals surface area contributed by atoms with Crippen molar-refractivity contribution >= 4 is 5.69 Å². The second kappa shape index (κ2) is 6.15. The van der Waals surface area contributed by atoms with Gasteiger partial charge in [-0.1, -0.05) is 25.1 Å². The van der Waals surface area contributed by atoms with Crippen LogP contribution in [-0.4, -0.2) is 43.2 Å². The van der Waals surface area contributed by atoms with E-state index >= 15 is 0 Å². The van der Waals surface area contributed by atoms with Crippen LogP contribution in [0.3, 0.4) is 0 Å². The first kappa shape index (κ1) is 15.3. The Labute approximate surface area is 123 Å². The van der Waals surface area contributed by atoms with Crippen LogP contribution >= 0.6 is 0 Å². The van der Waals surface area contributed by atoms with Gasteiger partial charge in [0, 0.05) is 30.4 Å². The van der Waals surface area contributed by atoms with Crippen LogP contribution in [0.25, 0.3) is 0 Å². The van der Waals surface area contributed by atoms with Gasteiger partial charge in [-0.25, -0.2) is 0 Å². The molecule has 1 fully saturated rings. The van der Waals surface area contributed by atoms with Crippen LogP contribution in [0.15, 0.2) is 24.3 Å². The van der Waals surface area contributed by atoms with Crippen molar-refractivity contribution in [1.82, 2.24) is 4.90 Å². The summed E-state index contributed by atoms with van der Waals surface area (Å²) in [7, 11) is 6.50. The van der Waals surface area contributed by atoms with E-state index < -0.39 is 0 Å². The largest absolute Gasteiger partial charge is 0.388 e. The van der Waals surface area contributed by atoms with Crippen molar-refractivity contribution in [1.29, 1.82) is 0 Å². The number of rotatable bonds is 6. The quantitative estimate of drug-likeness (QED) is 0.865. The summed E-state index contributed by atoms with van der Waals surface area (Å²) in [6.45, 7) is 3.04. The Hall–Kier alpha value is -1.06. The maximum absolute atomic E-state index is 10.2. The van der Waals surface area contributed by atoms with Crippen molar-refractivity contribution in [2.75, 3.05) is 32.6 Å². The molecule has 1 aliphatic carbocycles. The van der Waals surface area contributed by atoms with Gasteiger partial charge >= 0.3 is 0 Å². The standard InChI is InChI=1S/C17H28N2O/c1-5-16(20)14-9-6-7-10-15(14)19(4)13-17(18(2)3)11-8-12-17/h6-7,9-10,16,20H,5,8,11-13H2,1-4H3/t16-/m0/s1. The Balaban J connectivity index is 2.19. The van der Waals surface area contributed by atoms with Gasteiger partial charge in [0.1, 0.15) is 0 Å². The van der Waals surface area contributed by atoms with E-state index in [-0.39, 0.29) is 6.10 Å². The summed E-state index contributed by atoms with van der Waals surface area (Å²) < 4.78 is 0. The number of anilines is 1. The minimum atomic E-state index is -0.370. The molecule has 1 saturated carbocycles. The van der Waals surface area contributed by atoms with Crippen LogP contribution < -0.4 is 4.90 Å². The van der Waals surface area contributed by atoms with E-state index in [0.29, 0.717) is 5.54 Å². The Morgan fingerprint density at radius 3 is 2.35 bits per heavy atom. The molecule has 3 nitrogen and oxygen atoms in total. The molecule has 1 N–H and O–H groups in total. The Kier molecular flexibility index (Phi) is 4.71. The Morgan fingerprint density at radius 2 is 1.85 bits per heavy atom. The number of nitrogens with zero attached hydrogens (tertiary/aromatic N) is 2. The van der Waals surface area contributed by atoms with Gasteiger partial charge in [-0.3, -0.25) is 0 Å². The monoisotopic (exact) mass is 276 g/mol. The molecule has 3 heteroatoms. The van der Waals surface area contributed by atoms with Crippen molar-refractivity contribution in [2.24, 2.45) is 0 Å². The summed E-state index contributed by atoms with van der Waals surface area (Å²) in [5.74, 6) is 0. The molecule has 0 aromatic heterocycles. The lowest BCUT2D eigenvalue weighted by molar-refractivity contribution is 0.0681. The molecule has 0 spiro atoms. The molecular formula is C17H28N2O. The lowest BCUT2D eigenvalue weighted by Crippen LogP contribution is -2.56.